The van der Waals surface area contributed by atoms with E-state index in [0.29, 0.717) is 23.9 Å². The molecule has 350 valence electrons. The molecule has 0 aromatic carbocycles. The summed E-state index contributed by atoms with van der Waals surface area (Å²) in [6, 6.07) is 0. The molecule has 0 heterocycles. The van der Waals surface area contributed by atoms with Crippen LogP contribution in [-0.4, -0.2) is 74.9 Å². The predicted molar refractivity (Wildman–Crippen MR) is 261 cm³/mol. The Hall–Kier alpha value is -3.59. The second kappa shape index (κ2) is 42.7. The minimum absolute atomic E-state index is 0.00790. The number of likely N-dealkylation sites (N-methyl/N-ethyl adjacent to an activating group) is 1. The van der Waals surface area contributed by atoms with Gasteiger partial charge in [-0.1, -0.05) is 161 Å². The van der Waals surface area contributed by atoms with Gasteiger partial charge in [0, 0.05) is 12.8 Å². The fourth-order valence-electron chi connectivity index (χ4n) is 5.44. The van der Waals surface area contributed by atoms with E-state index >= 15 is 0 Å². The number of carbonyl (C=O) groups is 2. The molecule has 0 fully saturated rings. The van der Waals surface area contributed by atoms with Gasteiger partial charge in [0.2, 0.25) is 0 Å². The van der Waals surface area contributed by atoms with Gasteiger partial charge < -0.3 is 18.9 Å². The molecule has 0 aliphatic heterocycles. The lowest BCUT2D eigenvalue weighted by Gasteiger charge is -2.24. The monoisotopic (exact) mass is 883 g/mol. The highest BCUT2D eigenvalue weighted by molar-refractivity contribution is 7.47. The van der Waals surface area contributed by atoms with E-state index in [1.54, 1.807) is 0 Å². The van der Waals surface area contributed by atoms with Crippen molar-refractivity contribution in [1.82, 2.24) is 0 Å². The molecule has 0 aromatic heterocycles. The van der Waals surface area contributed by atoms with Gasteiger partial charge in [0.25, 0.3) is 0 Å². The van der Waals surface area contributed by atoms with Crippen LogP contribution < -0.4 is 0 Å². The van der Waals surface area contributed by atoms with Gasteiger partial charge in [0.1, 0.15) is 19.8 Å². The van der Waals surface area contributed by atoms with E-state index < -0.39 is 32.5 Å². The molecule has 2 atom stereocenters. The number of phosphoric acid groups is 1. The summed E-state index contributed by atoms with van der Waals surface area (Å²) in [5.74, 6) is -0.926. The van der Waals surface area contributed by atoms with Crippen molar-refractivity contribution in [2.75, 3.05) is 47.5 Å². The first-order valence-corrected chi connectivity index (χ1v) is 24.8. The molecule has 0 saturated heterocycles. The van der Waals surface area contributed by atoms with Crippen molar-refractivity contribution in [1.29, 1.82) is 0 Å². The molecule has 0 radical (unpaired) electrons. The van der Waals surface area contributed by atoms with Crippen molar-refractivity contribution in [2.45, 2.75) is 148 Å². The minimum atomic E-state index is -4.41. The van der Waals surface area contributed by atoms with Crippen LogP contribution in [0.15, 0.2) is 122 Å². The summed E-state index contributed by atoms with van der Waals surface area (Å²) in [5.41, 5.74) is 0. The molecule has 9 nitrogen and oxygen atoms in total. The molecule has 0 spiro atoms. The molecule has 1 N–H and O–H groups in total. The normalized spacial score (nSPS) is 14.6. The number of quaternary nitrogens is 1. The van der Waals surface area contributed by atoms with E-state index in [2.05, 4.69) is 123 Å². The maximum absolute atomic E-state index is 12.7. The van der Waals surface area contributed by atoms with Crippen LogP contribution in [0.5, 0.6) is 0 Å². The Bertz CT molecular complexity index is 1460. The SMILES string of the molecule is CC/C=C\C/C=C\C/C=C\C/C=C\C/C=C\C/C=C\CCC(=O)OC(COC(=O)CCCCCCCC/C=C\C/C=C\C/C=C\C/C=C\CC)COP(=O)(O)OCC[N+](C)(C)C. The summed E-state index contributed by atoms with van der Waals surface area (Å²) in [6.07, 6.45) is 59.8. The number of unbranched alkanes of at least 4 members (excludes halogenated alkanes) is 6. The smallest absolute Gasteiger partial charge is 0.462 e. The summed E-state index contributed by atoms with van der Waals surface area (Å²) in [5, 5.41) is 0. The Labute approximate surface area is 378 Å². The number of ether oxygens (including phenoxy) is 2. The molecule has 0 aliphatic rings. The molecule has 0 aliphatic carbocycles. The van der Waals surface area contributed by atoms with E-state index in [0.717, 1.165) is 103 Å². The lowest BCUT2D eigenvalue weighted by molar-refractivity contribution is -0.870. The van der Waals surface area contributed by atoms with E-state index in [-0.39, 0.29) is 26.1 Å². The van der Waals surface area contributed by atoms with Crippen molar-refractivity contribution in [3.8, 4) is 0 Å². The first kappa shape index (κ1) is 58.4. The number of allylic oxidation sites excluding steroid dienone is 20. The lowest BCUT2D eigenvalue weighted by Crippen LogP contribution is -2.37. The fraction of sp³-hybridized carbons (Fsp3) is 0.577. The van der Waals surface area contributed by atoms with Crippen LogP contribution >= 0.6 is 7.82 Å². The van der Waals surface area contributed by atoms with Crippen LogP contribution in [0.1, 0.15) is 142 Å². The van der Waals surface area contributed by atoms with Gasteiger partial charge in [0.05, 0.1) is 27.7 Å². The molecule has 0 aromatic rings. The van der Waals surface area contributed by atoms with Crippen LogP contribution in [0.4, 0.5) is 0 Å². The molecule has 0 saturated carbocycles. The van der Waals surface area contributed by atoms with Gasteiger partial charge in [-0.15, -0.1) is 0 Å². The second-order valence-electron chi connectivity index (χ2n) is 16.0. The Balaban J connectivity index is 4.50. The number of esters is 2. The van der Waals surface area contributed by atoms with Crippen molar-refractivity contribution >= 4 is 19.8 Å². The zero-order valence-corrected chi connectivity index (χ0v) is 40.2. The average molecular weight is 883 g/mol. The summed E-state index contributed by atoms with van der Waals surface area (Å²) >= 11 is 0. The number of phosphoric ester groups is 1. The average Bonchev–Trinajstić information content (AvgIpc) is 3.23. The molecule has 10 heteroatoms. The lowest BCUT2D eigenvalue weighted by atomic mass is 10.1. The number of carbonyl (C=O) groups excluding carboxylic acids is 2. The van der Waals surface area contributed by atoms with Crippen molar-refractivity contribution in [2.24, 2.45) is 0 Å². The van der Waals surface area contributed by atoms with Gasteiger partial charge >= 0.3 is 19.8 Å². The quantitative estimate of drug-likeness (QED) is 0.0213. The largest absolute Gasteiger partial charge is 0.472 e. The van der Waals surface area contributed by atoms with E-state index in [1.807, 2.05) is 33.3 Å². The first-order chi connectivity index (χ1) is 30.0. The van der Waals surface area contributed by atoms with Crippen LogP contribution in [0.2, 0.25) is 0 Å². The Morgan fingerprint density at radius 1 is 0.500 bits per heavy atom. The Kier molecular flexibility index (Phi) is 40.2. The molecular formula is C52H85NO8P+. The van der Waals surface area contributed by atoms with Crippen molar-refractivity contribution < 1.29 is 42.1 Å². The number of nitrogens with zero attached hydrogens (tertiary/aromatic N) is 1. The third-order valence-electron chi connectivity index (χ3n) is 9.00. The van der Waals surface area contributed by atoms with Crippen LogP contribution in [-0.2, 0) is 32.7 Å². The third kappa shape index (κ3) is 45.9. The topological polar surface area (TPSA) is 108 Å². The van der Waals surface area contributed by atoms with Crippen molar-refractivity contribution in [3.63, 3.8) is 0 Å². The highest BCUT2D eigenvalue weighted by atomic mass is 31.2. The van der Waals surface area contributed by atoms with E-state index in [9.17, 15) is 19.0 Å². The van der Waals surface area contributed by atoms with E-state index in [1.165, 1.54) is 0 Å². The summed E-state index contributed by atoms with van der Waals surface area (Å²) in [4.78, 5) is 35.4. The molecule has 0 bridgehead atoms. The molecule has 0 amide bonds. The summed E-state index contributed by atoms with van der Waals surface area (Å²) in [6.45, 7) is 4.06. The minimum Gasteiger partial charge on any atom is -0.462 e. The van der Waals surface area contributed by atoms with Crippen LogP contribution in [0.25, 0.3) is 0 Å². The molecule has 2 unspecified atom stereocenters. The van der Waals surface area contributed by atoms with Gasteiger partial charge in [-0.3, -0.25) is 18.6 Å². The predicted octanol–water partition coefficient (Wildman–Crippen LogP) is 13.7. The van der Waals surface area contributed by atoms with Gasteiger partial charge in [-0.25, -0.2) is 4.57 Å². The van der Waals surface area contributed by atoms with Crippen LogP contribution in [0.3, 0.4) is 0 Å². The Morgan fingerprint density at radius 3 is 1.35 bits per heavy atom. The number of hydrogen-bond acceptors (Lipinski definition) is 7. The van der Waals surface area contributed by atoms with Gasteiger partial charge in [-0.05, 0) is 89.9 Å². The van der Waals surface area contributed by atoms with Gasteiger partial charge in [0.15, 0.2) is 6.10 Å². The highest BCUT2D eigenvalue weighted by Crippen LogP contribution is 2.43. The third-order valence-corrected chi connectivity index (χ3v) is 9.98. The van der Waals surface area contributed by atoms with E-state index in [4.69, 9.17) is 18.5 Å². The summed E-state index contributed by atoms with van der Waals surface area (Å²) in [7, 11) is 1.40. The number of hydrogen-bond donors (Lipinski definition) is 1. The van der Waals surface area contributed by atoms with Gasteiger partial charge in [-0.2, -0.15) is 0 Å². The fourth-order valence-corrected chi connectivity index (χ4v) is 6.18. The zero-order valence-electron chi connectivity index (χ0n) is 39.3. The number of rotatable bonds is 40. The molecule has 0 rings (SSSR count). The first-order valence-electron chi connectivity index (χ1n) is 23.3. The van der Waals surface area contributed by atoms with Crippen molar-refractivity contribution in [3.05, 3.63) is 122 Å². The molecule has 62 heavy (non-hydrogen) atoms. The van der Waals surface area contributed by atoms with Crippen LogP contribution in [0, 0.1) is 0 Å². The summed E-state index contributed by atoms with van der Waals surface area (Å²) < 4.78 is 34.2. The maximum Gasteiger partial charge on any atom is 0.472 e. The zero-order chi connectivity index (χ0) is 45.7. The molecular weight excluding hydrogens is 798 g/mol. The highest BCUT2D eigenvalue weighted by Gasteiger charge is 2.27. The standard InChI is InChI=1S/C52H84NO8P/c1-6-8-10-12-14-16-18-20-22-24-26-28-30-32-34-36-38-40-42-44-51(54)58-48-50(49-60-62(56,57)59-47-46-53(3,4)5)61-52(55)45-43-41-39-37-35-33-31-29-27-25-23-21-19-17-15-13-11-9-7-2/h8-11,14-17,20-23,26-29,33,35,39,41,50H,6-7,12-13,18-19,24-25,30-32,34,36-38,40,42-49H2,1-5H3/p+1/b10-8-,11-9-,16-14-,17-15-,22-20-,23-21-,28-26-,29-27-,35-33-,41-39-. The maximum atomic E-state index is 12.7. The Morgan fingerprint density at radius 2 is 0.903 bits per heavy atom. The second-order valence-corrected chi connectivity index (χ2v) is 17.5.